The summed E-state index contributed by atoms with van der Waals surface area (Å²) >= 11 is 0. The highest BCUT2D eigenvalue weighted by molar-refractivity contribution is 7.92. The minimum atomic E-state index is -4.19. The second kappa shape index (κ2) is 8.64. The van der Waals surface area contributed by atoms with Crippen LogP contribution in [-0.4, -0.2) is 40.1 Å². The van der Waals surface area contributed by atoms with Gasteiger partial charge in [0, 0.05) is 17.8 Å². The van der Waals surface area contributed by atoms with E-state index in [2.05, 4.69) is 0 Å². The van der Waals surface area contributed by atoms with Crippen molar-refractivity contribution in [1.29, 1.82) is 0 Å². The molecule has 2 aliphatic heterocycles. The Labute approximate surface area is 197 Å². The summed E-state index contributed by atoms with van der Waals surface area (Å²) in [7, 11) is -4.19. The van der Waals surface area contributed by atoms with Gasteiger partial charge in [-0.3, -0.25) is 9.10 Å². The predicted octanol–water partition coefficient (Wildman–Crippen LogP) is 3.77. The molecule has 0 aromatic heterocycles. The molecule has 1 amide bonds. The van der Waals surface area contributed by atoms with E-state index in [-0.39, 0.29) is 22.5 Å². The van der Waals surface area contributed by atoms with Gasteiger partial charge >= 0.3 is 0 Å². The van der Waals surface area contributed by atoms with Crippen LogP contribution in [0.15, 0.2) is 71.6 Å². The summed E-state index contributed by atoms with van der Waals surface area (Å²) in [5.74, 6) is -0.103. The quantitative estimate of drug-likeness (QED) is 0.554. The van der Waals surface area contributed by atoms with Gasteiger partial charge in [-0.15, -0.1) is 0 Å². The first kappa shape index (κ1) is 22.2. The number of hydrogen-bond acceptors (Lipinski definition) is 5. The van der Waals surface area contributed by atoms with Crippen molar-refractivity contribution >= 4 is 27.3 Å². The van der Waals surface area contributed by atoms with E-state index in [0.29, 0.717) is 31.1 Å². The molecule has 0 bridgehead atoms. The normalized spacial score (nSPS) is 16.8. The predicted molar refractivity (Wildman–Crippen MR) is 125 cm³/mol. The topological polar surface area (TPSA) is 76.2 Å². The van der Waals surface area contributed by atoms with Gasteiger partial charge in [-0.2, -0.15) is 0 Å². The molecule has 34 heavy (non-hydrogen) atoms. The lowest BCUT2D eigenvalue weighted by Gasteiger charge is -2.29. The molecule has 176 valence electrons. The van der Waals surface area contributed by atoms with Gasteiger partial charge in [-0.05, 0) is 61.4 Å². The second-order valence-electron chi connectivity index (χ2n) is 8.24. The Balaban J connectivity index is 1.53. The number of para-hydroxylation sites is 1. The number of sulfonamides is 1. The van der Waals surface area contributed by atoms with Gasteiger partial charge in [-0.25, -0.2) is 12.8 Å². The van der Waals surface area contributed by atoms with Gasteiger partial charge in [0.25, 0.3) is 10.0 Å². The molecule has 9 heteroatoms. The number of halogens is 1. The van der Waals surface area contributed by atoms with Crippen molar-refractivity contribution in [3.63, 3.8) is 0 Å². The number of benzene rings is 3. The number of rotatable bonds is 5. The fourth-order valence-electron chi connectivity index (χ4n) is 4.38. The van der Waals surface area contributed by atoms with Crippen molar-refractivity contribution in [1.82, 2.24) is 0 Å². The minimum Gasteiger partial charge on any atom is -0.486 e. The van der Waals surface area contributed by atoms with Gasteiger partial charge in [0.1, 0.15) is 25.6 Å². The van der Waals surface area contributed by atoms with Gasteiger partial charge < -0.3 is 14.4 Å². The average Bonchev–Trinajstić information content (AvgIpc) is 3.18. The maximum absolute atomic E-state index is 13.7. The van der Waals surface area contributed by atoms with E-state index in [1.165, 1.54) is 42.5 Å². The highest BCUT2D eigenvalue weighted by Crippen LogP contribution is 2.35. The zero-order valence-corrected chi connectivity index (χ0v) is 19.3. The van der Waals surface area contributed by atoms with Crippen LogP contribution < -0.4 is 18.7 Å². The molecule has 2 aliphatic rings. The Bertz CT molecular complexity index is 1340. The summed E-state index contributed by atoms with van der Waals surface area (Å²) in [6.07, 6.45) is 0.688. The molecule has 3 aromatic carbocycles. The molecule has 0 spiro atoms. The molecule has 0 fully saturated rings. The van der Waals surface area contributed by atoms with Crippen LogP contribution in [0.2, 0.25) is 0 Å². The highest BCUT2D eigenvalue weighted by Gasteiger charge is 2.35. The molecule has 0 unspecified atom stereocenters. The third-order valence-corrected chi connectivity index (χ3v) is 7.74. The Morgan fingerprint density at radius 1 is 1.03 bits per heavy atom. The van der Waals surface area contributed by atoms with E-state index in [9.17, 15) is 17.6 Å². The Morgan fingerprint density at radius 2 is 1.74 bits per heavy atom. The maximum Gasteiger partial charge on any atom is 0.264 e. The van der Waals surface area contributed by atoms with E-state index in [1.54, 1.807) is 4.90 Å². The van der Waals surface area contributed by atoms with Crippen LogP contribution in [0.1, 0.15) is 12.5 Å². The zero-order valence-electron chi connectivity index (χ0n) is 18.5. The molecule has 0 radical (unpaired) electrons. The third-order valence-electron chi connectivity index (χ3n) is 5.97. The van der Waals surface area contributed by atoms with Crippen LogP contribution in [0, 0.1) is 5.82 Å². The number of carbonyl (C=O) groups excluding carboxylic acids is 1. The second-order valence-corrected chi connectivity index (χ2v) is 10.1. The molecular weight excluding hydrogens is 459 g/mol. The lowest BCUT2D eigenvalue weighted by Crippen LogP contribution is -2.45. The summed E-state index contributed by atoms with van der Waals surface area (Å²) in [4.78, 5) is 15.1. The van der Waals surface area contributed by atoms with E-state index in [4.69, 9.17) is 9.47 Å². The van der Waals surface area contributed by atoms with E-state index in [1.807, 2.05) is 31.2 Å². The van der Waals surface area contributed by atoms with Crippen molar-refractivity contribution in [2.45, 2.75) is 24.3 Å². The highest BCUT2D eigenvalue weighted by atomic mass is 32.2. The van der Waals surface area contributed by atoms with Crippen LogP contribution in [0.5, 0.6) is 11.5 Å². The molecule has 2 heterocycles. The number of carbonyl (C=O) groups is 1. The van der Waals surface area contributed by atoms with Crippen LogP contribution in [0.3, 0.4) is 0 Å². The molecule has 0 saturated carbocycles. The van der Waals surface area contributed by atoms with Crippen molar-refractivity contribution in [2.75, 3.05) is 29.0 Å². The largest absolute Gasteiger partial charge is 0.486 e. The number of fused-ring (bicyclic) bond motifs is 2. The molecule has 1 atom stereocenters. The van der Waals surface area contributed by atoms with Crippen molar-refractivity contribution in [3.8, 4) is 11.5 Å². The van der Waals surface area contributed by atoms with Crippen LogP contribution in [0.25, 0.3) is 0 Å². The summed E-state index contributed by atoms with van der Waals surface area (Å²) in [6, 6.07) is 16.8. The lowest BCUT2D eigenvalue weighted by atomic mass is 10.1. The number of ether oxygens (including phenoxy) is 2. The number of nitrogens with zero attached hydrogens (tertiary/aromatic N) is 2. The standard InChI is InChI=1S/C25H23FN2O5S/c1-17-14-18-4-2-3-5-22(18)28(17)25(29)16-27(20-8-6-19(26)7-9-20)34(30,31)21-10-11-23-24(15-21)33-13-12-32-23/h2-11,15,17H,12-14,16H2,1H3/t17-/m1/s1. The Kier molecular flexibility index (Phi) is 5.65. The smallest absolute Gasteiger partial charge is 0.264 e. The fraction of sp³-hybridized carbons (Fsp3) is 0.240. The average molecular weight is 483 g/mol. The monoisotopic (exact) mass is 482 g/mol. The third kappa shape index (κ3) is 3.96. The SMILES string of the molecule is C[C@@H]1Cc2ccccc2N1C(=O)CN(c1ccc(F)cc1)S(=O)(=O)c1ccc2c(c1)OCCO2. The lowest BCUT2D eigenvalue weighted by molar-refractivity contribution is -0.117. The first-order valence-electron chi connectivity index (χ1n) is 10.9. The molecule has 0 aliphatic carbocycles. The summed E-state index contributed by atoms with van der Waals surface area (Å²) < 4.78 is 53.1. The number of anilines is 2. The van der Waals surface area contributed by atoms with Gasteiger partial charge in [-0.1, -0.05) is 18.2 Å². The van der Waals surface area contributed by atoms with Crippen LogP contribution in [-0.2, 0) is 21.2 Å². The van der Waals surface area contributed by atoms with E-state index < -0.39 is 22.4 Å². The number of amides is 1. The molecule has 0 saturated heterocycles. The zero-order chi connectivity index (χ0) is 23.9. The molecule has 3 aromatic rings. The van der Waals surface area contributed by atoms with E-state index >= 15 is 0 Å². The minimum absolute atomic E-state index is 0.0521. The number of hydrogen-bond donors (Lipinski definition) is 0. The fourth-order valence-corrected chi connectivity index (χ4v) is 5.81. The van der Waals surface area contributed by atoms with Gasteiger partial charge in [0.2, 0.25) is 5.91 Å². The van der Waals surface area contributed by atoms with Crippen LogP contribution in [0.4, 0.5) is 15.8 Å². The molecule has 7 nitrogen and oxygen atoms in total. The van der Waals surface area contributed by atoms with Gasteiger partial charge in [0.05, 0.1) is 10.6 Å². The van der Waals surface area contributed by atoms with Gasteiger partial charge in [0.15, 0.2) is 11.5 Å². The summed E-state index contributed by atoms with van der Waals surface area (Å²) in [5.41, 5.74) is 1.99. The molecular formula is C25H23FN2O5S. The first-order chi connectivity index (χ1) is 16.3. The Hall–Kier alpha value is -3.59. The Morgan fingerprint density at radius 3 is 2.50 bits per heavy atom. The van der Waals surface area contributed by atoms with E-state index in [0.717, 1.165) is 15.6 Å². The van der Waals surface area contributed by atoms with Crippen molar-refractivity contribution < 1.29 is 27.1 Å². The van der Waals surface area contributed by atoms with Crippen molar-refractivity contribution in [2.24, 2.45) is 0 Å². The first-order valence-corrected chi connectivity index (χ1v) is 12.4. The maximum atomic E-state index is 13.7. The summed E-state index contributed by atoms with van der Waals surface area (Å²) in [6.45, 7) is 2.17. The summed E-state index contributed by atoms with van der Waals surface area (Å²) in [5, 5.41) is 0. The molecule has 0 N–H and O–H groups in total. The van der Waals surface area contributed by atoms with Crippen molar-refractivity contribution in [3.05, 3.63) is 78.1 Å². The molecule has 5 rings (SSSR count). The van der Waals surface area contributed by atoms with Crippen LogP contribution >= 0.6 is 0 Å².